The molecule has 0 aliphatic carbocycles. The molecule has 2 unspecified atom stereocenters. The molecule has 2 atom stereocenters. The molecule has 0 amide bonds. The van der Waals surface area contributed by atoms with E-state index < -0.39 is 22.5 Å². The molecule has 1 aromatic rings. The predicted molar refractivity (Wildman–Crippen MR) is 70.5 cm³/mol. The number of hydrogen-bond donors (Lipinski definition) is 1. The summed E-state index contributed by atoms with van der Waals surface area (Å²) in [6.07, 6.45) is -1.34. The van der Waals surface area contributed by atoms with Gasteiger partial charge in [-0.1, -0.05) is 24.3 Å². The van der Waals surface area contributed by atoms with Gasteiger partial charge in [-0.15, -0.1) is 0 Å². The smallest absolute Gasteiger partial charge is 0.333 e. The highest BCUT2D eigenvalue weighted by atomic mass is 32.2. The third kappa shape index (κ3) is 5.25. The molecule has 108 valence electrons. The third-order valence-electron chi connectivity index (χ3n) is 2.57. The van der Waals surface area contributed by atoms with E-state index in [0.29, 0.717) is 0 Å². The second-order valence-corrected chi connectivity index (χ2v) is 5.32. The first-order valence-corrected chi connectivity index (χ1v) is 7.19. The van der Waals surface area contributed by atoms with Gasteiger partial charge in [0.15, 0.2) is 0 Å². The molecule has 0 saturated heterocycles. The maximum Gasteiger partial charge on any atom is 0.333 e. The quantitative estimate of drug-likeness (QED) is 0.764. The van der Waals surface area contributed by atoms with Crippen LogP contribution < -0.4 is 5.14 Å². The molecular formula is C12H19NO5S. The number of rotatable bonds is 7. The summed E-state index contributed by atoms with van der Waals surface area (Å²) in [5.74, 6) is 0. The fourth-order valence-electron chi connectivity index (χ4n) is 1.79. The van der Waals surface area contributed by atoms with Crippen LogP contribution in [0.25, 0.3) is 0 Å². The van der Waals surface area contributed by atoms with E-state index in [1.54, 1.807) is 6.92 Å². The first-order valence-electron chi connectivity index (χ1n) is 5.72. The summed E-state index contributed by atoms with van der Waals surface area (Å²) < 4.78 is 37.1. The predicted octanol–water partition coefficient (Wildman–Crippen LogP) is 1.27. The van der Waals surface area contributed by atoms with Crippen molar-refractivity contribution >= 4 is 10.3 Å². The van der Waals surface area contributed by atoms with Crippen molar-refractivity contribution in [2.75, 3.05) is 13.9 Å². The monoisotopic (exact) mass is 289 g/mol. The van der Waals surface area contributed by atoms with Crippen LogP contribution in [0.15, 0.2) is 24.3 Å². The van der Waals surface area contributed by atoms with E-state index in [4.69, 9.17) is 18.8 Å². The zero-order chi connectivity index (χ0) is 14.5. The SMILES string of the molecule is COCOC(c1ccccc1C)C(C)OS(N)(=O)=O. The summed E-state index contributed by atoms with van der Waals surface area (Å²) >= 11 is 0. The van der Waals surface area contributed by atoms with E-state index in [-0.39, 0.29) is 6.79 Å². The number of benzene rings is 1. The zero-order valence-corrected chi connectivity index (χ0v) is 12.0. The molecule has 7 heteroatoms. The normalized spacial score (nSPS) is 15.2. The molecule has 0 aliphatic heterocycles. The Kier molecular flexibility index (Phi) is 5.89. The van der Waals surface area contributed by atoms with E-state index in [1.807, 2.05) is 31.2 Å². The molecule has 0 fully saturated rings. The Morgan fingerprint density at radius 2 is 1.95 bits per heavy atom. The first-order chi connectivity index (χ1) is 8.85. The Morgan fingerprint density at radius 1 is 1.32 bits per heavy atom. The van der Waals surface area contributed by atoms with Crippen molar-refractivity contribution in [2.24, 2.45) is 5.14 Å². The standard InChI is InChI=1S/C12H19NO5S/c1-9-6-4-5-7-11(9)12(17-8-16-3)10(2)18-19(13,14)15/h4-7,10,12H,8H2,1-3H3,(H2,13,14,15). The minimum atomic E-state index is -4.04. The summed E-state index contributed by atoms with van der Waals surface area (Å²) in [4.78, 5) is 0. The second-order valence-electron chi connectivity index (χ2n) is 4.14. The van der Waals surface area contributed by atoms with E-state index in [0.717, 1.165) is 11.1 Å². The van der Waals surface area contributed by atoms with Crippen molar-refractivity contribution in [3.05, 3.63) is 35.4 Å². The van der Waals surface area contributed by atoms with Crippen LogP contribution in [0.4, 0.5) is 0 Å². The molecule has 2 N–H and O–H groups in total. The summed E-state index contributed by atoms with van der Waals surface area (Å²) in [5, 5.41) is 4.88. The largest absolute Gasteiger partial charge is 0.359 e. The Morgan fingerprint density at radius 3 is 2.47 bits per heavy atom. The van der Waals surface area contributed by atoms with Crippen LogP contribution in [-0.2, 0) is 24.0 Å². The van der Waals surface area contributed by atoms with Crippen molar-refractivity contribution in [2.45, 2.75) is 26.1 Å². The van der Waals surface area contributed by atoms with Crippen LogP contribution in [0.2, 0.25) is 0 Å². The number of hydrogen-bond acceptors (Lipinski definition) is 5. The summed E-state index contributed by atoms with van der Waals surface area (Å²) in [6, 6.07) is 7.48. The highest BCUT2D eigenvalue weighted by molar-refractivity contribution is 7.84. The van der Waals surface area contributed by atoms with Crippen LogP contribution >= 0.6 is 0 Å². The van der Waals surface area contributed by atoms with Crippen LogP contribution in [0.1, 0.15) is 24.2 Å². The lowest BCUT2D eigenvalue weighted by Gasteiger charge is -2.24. The van der Waals surface area contributed by atoms with E-state index in [1.165, 1.54) is 7.11 Å². The summed E-state index contributed by atoms with van der Waals surface area (Å²) in [7, 11) is -2.55. The number of methoxy groups -OCH3 is 1. The van der Waals surface area contributed by atoms with Gasteiger partial charge in [0.1, 0.15) is 19.0 Å². The first kappa shape index (κ1) is 16.1. The molecule has 0 bridgehead atoms. The van der Waals surface area contributed by atoms with Crippen LogP contribution in [-0.4, -0.2) is 28.4 Å². The van der Waals surface area contributed by atoms with Crippen LogP contribution in [0.3, 0.4) is 0 Å². The van der Waals surface area contributed by atoms with Crippen molar-refractivity contribution < 1.29 is 22.1 Å². The molecule has 1 aromatic carbocycles. The fourth-order valence-corrected chi connectivity index (χ4v) is 2.31. The molecule has 0 radical (unpaired) electrons. The highest BCUT2D eigenvalue weighted by Gasteiger charge is 2.25. The van der Waals surface area contributed by atoms with Gasteiger partial charge in [-0.25, -0.2) is 5.14 Å². The average Bonchev–Trinajstić information content (AvgIpc) is 2.29. The average molecular weight is 289 g/mol. The number of aryl methyl sites for hydroxylation is 1. The van der Waals surface area contributed by atoms with Gasteiger partial charge >= 0.3 is 10.3 Å². The van der Waals surface area contributed by atoms with E-state index >= 15 is 0 Å². The lowest BCUT2D eigenvalue weighted by atomic mass is 10.0. The minimum absolute atomic E-state index is 0.0251. The Hall–Kier alpha value is -0.990. The molecular weight excluding hydrogens is 270 g/mol. The van der Waals surface area contributed by atoms with Crippen molar-refractivity contribution in [3.63, 3.8) is 0 Å². The Balaban J connectivity index is 2.97. The van der Waals surface area contributed by atoms with Gasteiger partial charge in [-0.05, 0) is 25.0 Å². The highest BCUT2D eigenvalue weighted by Crippen LogP contribution is 2.26. The van der Waals surface area contributed by atoms with Gasteiger partial charge in [0.25, 0.3) is 0 Å². The lowest BCUT2D eigenvalue weighted by molar-refractivity contribution is -0.104. The van der Waals surface area contributed by atoms with E-state index in [2.05, 4.69) is 0 Å². The fraction of sp³-hybridized carbons (Fsp3) is 0.500. The Bertz CT molecular complexity index is 503. The van der Waals surface area contributed by atoms with Crippen LogP contribution in [0, 0.1) is 6.92 Å². The molecule has 19 heavy (non-hydrogen) atoms. The molecule has 1 rings (SSSR count). The summed E-state index contributed by atoms with van der Waals surface area (Å²) in [5.41, 5.74) is 1.80. The third-order valence-corrected chi connectivity index (χ3v) is 3.14. The second kappa shape index (κ2) is 6.97. The molecule has 0 heterocycles. The van der Waals surface area contributed by atoms with Gasteiger partial charge in [0.2, 0.25) is 0 Å². The van der Waals surface area contributed by atoms with E-state index in [9.17, 15) is 8.42 Å². The molecule has 0 spiro atoms. The zero-order valence-electron chi connectivity index (χ0n) is 11.2. The summed E-state index contributed by atoms with van der Waals surface area (Å²) in [6.45, 7) is 3.51. The Labute approximate surface area is 113 Å². The van der Waals surface area contributed by atoms with Gasteiger partial charge in [0.05, 0.1) is 0 Å². The van der Waals surface area contributed by atoms with Crippen molar-refractivity contribution in [3.8, 4) is 0 Å². The van der Waals surface area contributed by atoms with Crippen LogP contribution in [0.5, 0.6) is 0 Å². The lowest BCUT2D eigenvalue weighted by Crippen LogP contribution is -2.29. The molecule has 0 aliphatic rings. The van der Waals surface area contributed by atoms with Gasteiger partial charge in [-0.2, -0.15) is 8.42 Å². The minimum Gasteiger partial charge on any atom is -0.359 e. The van der Waals surface area contributed by atoms with Crippen molar-refractivity contribution in [1.82, 2.24) is 0 Å². The molecule has 0 aromatic heterocycles. The van der Waals surface area contributed by atoms with Gasteiger partial charge < -0.3 is 9.47 Å². The molecule has 0 saturated carbocycles. The van der Waals surface area contributed by atoms with Crippen molar-refractivity contribution in [1.29, 1.82) is 0 Å². The maximum atomic E-state index is 11.0. The maximum absolute atomic E-state index is 11.0. The van der Waals surface area contributed by atoms with Gasteiger partial charge in [-0.3, -0.25) is 4.18 Å². The van der Waals surface area contributed by atoms with Gasteiger partial charge in [0, 0.05) is 7.11 Å². The molecule has 6 nitrogen and oxygen atoms in total. The topological polar surface area (TPSA) is 87.8 Å². The number of nitrogens with two attached hydrogens (primary N) is 1. The number of ether oxygens (including phenoxy) is 2.